The topological polar surface area (TPSA) is 0 Å². The Labute approximate surface area is 66.1 Å². The van der Waals surface area contributed by atoms with Gasteiger partial charge in [0, 0.05) is 0 Å². The lowest BCUT2D eigenvalue weighted by Crippen LogP contribution is -1.76. The van der Waals surface area contributed by atoms with E-state index in [0.717, 1.165) is 0 Å². The summed E-state index contributed by atoms with van der Waals surface area (Å²) in [6.07, 6.45) is 0. The van der Waals surface area contributed by atoms with Gasteiger partial charge in [0.1, 0.15) is 5.82 Å². The summed E-state index contributed by atoms with van der Waals surface area (Å²) in [5.41, 5.74) is 0. The van der Waals surface area contributed by atoms with E-state index in [4.69, 9.17) is 10.7 Å². The highest BCUT2D eigenvalue weighted by Gasteiger charge is 1.99. The van der Waals surface area contributed by atoms with Crippen molar-refractivity contribution in [2.75, 3.05) is 0 Å². The molecule has 0 heterocycles. The van der Waals surface area contributed by atoms with Crippen molar-refractivity contribution in [3.63, 3.8) is 0 Å². The number of hydrogen-bond acceptors (Lipinski definition) is 0. The van der Waals surface area contributed by atoms with Crippen LogP contribution in [0.5, 0.6) is 0 Å². The molecule has 3 heteroatoms. The maximum atomic E-state index is 12.7. The van der Waals surface area contributed by atoms with Gasteiger partial charge in [0.2, 0.25) is 0 Å². The quantitative estimate of drug-likeness (QED) is 0.577. The molecular weight excluding hydrogens is 171 g/mol. The minimum atomic E-state index is -0.743. The smallest absolute Gasteiger partial charge is 0.137 e. The van der Waals surface area contributed by atoms with Crippen LogP contribution in [0, 0.1) is 5.82 Å². The summed E-state index contributed by atoms with van der Waals surface area (Å²) in [5.74, 6) is 3.24. The van der Waals surface area contributed by atoms with Gasteiger partial charge in [-0.05, 0) is 22.8 Å². The number of halogens is 2. The number of benzene rings is 1. The van der Waals surface area contributed by atoms with Crippen LogP contribution in [0.25, 0.3) is 0 Å². The third kappa shape index (κ3) is 1.58. The van der Waals surface area contributed by atoms with Gasteiger partial charge in [-0.15, -0.1) is 0 Å². The van der Waals surface area contributed by atoms with Gasteiger partial charge in [-0.1, -0.05) is 27.7 Å². The van der Waals surface area contributed by atoms with E-state index in [9.17, 15) is 4.39 Å². The Hall–Kier alpha value is -0.340. The van der Waals surface area contributed by atoms with Crippen molar-refractivity contribution in [2.24, 2.45) is 0 Å². The summed E-state index contributed by atoms with van der Waals surface area (Å²) >= 11 is 0. The van der Waals surface area contributed by atoms with Crippen LogP contribution in [0.15, 0.2) is 29.2 Å². The first-order valence-corrected chi connectivity index (χ1v) is 4.88. The van der Waals surface area contributed by atoms with Crippen LogP contribution < -0.4 is 0 Å². The van der Waals surface area contributed by atoms with E-state index < -0.39 is 9.70 Å². The van der Waals surface area contributed by atoms with Crippen molar-refractivity contribution in [3.8, 4) is 0 Å². The average molecular weight is 177 g/mol. The van der Waals surface area contributed by atoms with Crippen molar-refractivity contribution in [3.05, 3.63) is 30.1 Å². The lowest BCUT2D eigenvalue weighted by atomic mass is 10.4. The third-order valence-electron chi connectivity index (χ3n) is 1.08. The Balaban J connectivity index is 3.15. The molecular formula is C7H6ClFS. The Bertz CT molecular complexity index is 260. The molecule has 1 aromatic rings. The Morgan fingerprint density at radius 1 is 1.40 bits per heavy atom. The SMILES string of the molecule is C=S(Cl)c1ccccc1F. The molecule has 1 atom stereocenters. The molecule has 0 nitrogen and oxygen atoms in total. The molecule has 0 saturated heterocycles. The van der Waals surface area contributed by atoms with Crippen LogP contribution >= 0.6 is 20.4 Å². The zero-order valence-corrected chi connectivity index (χ0v) is 6.75. The van der Waals surface area contributed by atoms with Gasteiger partial charge in [-0.25, -0.2) is 4.39 Å². The van der Waals surface area contributed by atoms with E-state index >= 15 is 0 Å². The number of rotatable bonds is 1. The van der Waals surface area contributed by atoms with Crippen LogP contribution in [0.3, 0.4) is 0 Å². The summed E-state index contributed by atoms with van der Waals surface area (Å²) in [6.45, 7) is 0. The van der Waals surface area contributed by atoms with E-state index in [0.29, 0.717) is 4.90 Å². The van der Waals surface area contributed by atoms with Gasteiger partial charge in [0.15, 0.2) is 0 Å². The molecule has 1 rings (SSSR count). The van der Waals surface area contributed by atoms with Crippen LogP contribution in [0.4, 0.5) is 4.39 Å². The minimum absolute atomic E-state index is 0.282. The van der Waals surface area contributed by atoms with Crippen LogP contribution in [0.1, 0.15) is 0 Å². The standard InChI is InChI=1S/C7H6ClFS/c1-10(8)7-5-3-2-4-6(7)9/h2-5H,1H2. The van der Waals surface area contributed by atoms with Crippen LogP contribution in [-0.2, 0) is 0 Å². The molecule has 1 unspecified atom stereocenters. The zero-order valence-electron chi connectivity index (χ0n) is 5.18. The fourth-order valence-electron chi connectivity index (χ4n) is 0.624. The summed E-state index contributed by atoms with van der Waals surface area (Å²) in [5, 5.41) is 0. The predicted octanol–water partition coefficient (Wildman–Crippen LogP) is 3.04. The van der Waals surface area contributed by atoms with Crippen molar-refractivity contribution in [1.82, 2.24) is 0 Å². The molecule has 0 spiro atoms. The molecule has 54 valence electrons. The summed E-state index contributed by atoms with van der Waals surface area (Å²) in [7, 11) is 4.84. The van der Waals surface area contributed by atoms with Gasteiger partial charge in [0.25, 0.3) is 0 Å². The van der Waals surface area contributed by atoms with Crippen molar-refractivity contribution < 1.29 is 4.39 Å². The number of hydrogen-bond donors (Lipinski definition) is 0. The maximum Gasteiger partial charge on any atom is 0.137 e. The average Bonchev–Trinajstić information content (AvgIpc) is 1.88. The van der Waals surface area contributed by atoms with Gasteiger partial charge in [-0.2, -0.15) is 0 Å². The third-order valence-corrected chi connectivity index (χ3v) is 2.38. The highest BCUT2D eigenvalue weighted by Crippen LogP contribution is 2.30. The Morgan fingerprint density at radius 2 is 2.00 bits per heavy atom. The summed E-state index contributed by atoms with van der Waals surface area (Å²) in [4.78, 5) is 0.476. The van der Waals surface area contributed by atoms with Gasteiger partial charge >= 0.3 is 0 Å². The molecule has 1 aromatic carbocycles. The van der Waals surface area contributed by atoms with Crippen molar-refractivity contribution >= 4 is 26.3 Å². The van der Waals surface area contributed by atoms with E-state index in [1.807, 2.05) is 0 Å². The monoisotopic (exact) mass is 176 g/mol. The lowest BCUT2D eigenvalue weighted by Gasteiger charge is -1.97. The Kier molecular flexibility index (Phi) is 2.46. The molecule has 0 N–H and O–H groups in total. The molecule has 0 radical (unpaired) electrons. The first-order valence-electron chi connectivity index (χ1n) is 2.66. The molecule has 0 amide bonds. The van der Waals surface area contributed by atoms with E-state index in [-0.39, 0.29) is 5.82 Å². The second kappa shape index (κ2) is 3.17. The van der Waals surface area contributed by atoms with Gasteiger partial charge in [-0.3, -0.25) is 0 Å². The minimum Gasteiger partial charge on any atom is -0.206 e. The molecule has 0 aromatic heterocycles. The maximum absolute atomic E-state index is 12.7. The molecule has 0 aliphatic rings. The fourth-order valence-corrected chi connectivity index (χ4v) is 1.51. The van der Waals surface area contributed by atoms with Crippen LogP contribution in [0.2, 0.25) is 0 Å². The predicted molar refractivity (Wildman–Crippen MR) is 45.2 cm³/mol. The second-order valence-corrected chi connectivity index (χ2v) is 3.98. The normalized spacial score (nSPS) is 13.0. The largest absolute Gasteiger partial charge is 0.206 e. The fraction of sp³-hybridized carbons (Fsp3) is 0. The van der Waals surface area contributed by atoms with E-state index in [1.165, 1.54) is 6.07 Å². The second-order valence-electron chi connectivity index (χ2n) is 1.76. The summed E-state index contributed by atoms with van der Waals surface area (Å²) in [6, 6.07) is 6.38. The van der Waals surface area contributed by atoms with Gasteiger partial charge < -0.3 is 0 Å². The molecule has 10 heavy (non-hydrogen) atoms. The molecule has 0 saturated carbocycles. The molecule has 0 fully saturated rings. The first-order chi connectivity index (χ1) is 4.72. The molecule has 0 bridgehead atoms. The first kappa shape index (κ1) is 7.76. The van der Waals surface area contributed by atoms with Crippen molar-refractivity contribution in [2.45, 2.75) is 4.90 Å². The highest BCUT2D eigenvalue weighted by molar-refractivity contribution is 8.33. The van der Waals surface area contributed by atoms with Crippen molar-refractivity contribution in [1.29, 1.82) is 0 Å². The van der Waals surface area contributed by atoms with E-state index in [1.54, 1.807) is 18.2 Å². The Morgan fingerprint density at radius 3 is 2.40 bits per heavy atom. The lowest BCUT2D eigenvalue weighted by molar-refractivity contribution is 0.602. The zero-order chi connectivity index (χ0) is 7.56. The van der Waals surface area contributed by atoms with E-state index in [2.05, 4.69) is 5.87 Å². The van der Waals surface area contributed by atoms with Crippen LogP contribution in [-0.4, -0.2) is 5.87 Å². The highest BCUT2D eigenvalue weighted by atomic mass is 35.7. The molecule has 0 aliphatic carbocycles. The van der Waals surface area contributed by atoms with Gasteiger partial charge in [0.05, 0.1) is 4.90 Å². The summed E-state index contributed by atoms with van der Waals surface area (Å²) < 4.78 is 12.7. The molecule has 0 aliphatic heterocycles.